The minimum Gasteiger partial charge on any atom is -0.362 e. The zero-order valence-electron chi connectivity index (χ0n) is 12.6. The van der Waals surface area contributed by atoms with Crippen LogP contribution in [0.5, 0.6) is 0 Å². The predicted molar refractivity (Wildman–Crippen MR) is 85.1 cm³/mol. The molecule has 114 valence electrons. The lowest BCUT2D eigenvalue weighted by atomic mass is 10.0. The first-order valence-corrected chi connectivity index (χ1v) is 7.42. The molecular weight excluding hydrogens is 276 g/mol. The molecule has 1 aliphatic heterocycles. The van der Waals surface area contributed by atoms with Crippen molar-refractivity contribution in [2.24, 2.45) is 5.73 Å². The highest BCUT2D eigenvalue weighted by Crippen LogP contribution is 2.32. The highest BCUT2D eigenvalue weighted by molar-refractivity contribution is 5.82. The average Bonchev–Trinajstić information content (AvgIpc) is 2.68. The van der Waals surface area contributed by atoms with Gasteiger partial charge in [0.15, 0.2) is 0 Å². The van der Waals surface area contributed by atoms with Crippen LogP contribution in [0.25, 0.3) is 0 Å². The lowest BCUT2D eigenvalue weighted by Gasteiger charge is -2.24. The number of nitrogens with two attached hydrogens (primary N) is 1. The Balaban J connectivity index is 1.96. The van der Waals surface area contributed by atoms with E-state index < -0.39 is 12.1 Å². The number of amides is 1. The fourth-order valence-electron chi connectivity index (χ4n) is 2.81. The van der Waals surface area contributed by atoms with Crippen LogP contribution in [0.3, 0.4) is 0 Å². The molecule has 1 amide bonds. The fraction of sp³-hybridized carbons (Fsp3) is 0.278. The number of carbonyl (C=O) groups is 1. The number of likely N-dealkylation sites (N-methyl/N-ethyl adjacent to an activating group) is 1. The van der Waals surface area contributed by atoms with Crippen LogP contribution in [-0.4, -0.2) is 30.4 Å². The summed E-state index contributed by atoms with van der Waals surface area (Å²) in [6.45, 7) is 0.500. The molecule has 0 saturated carbocycles. The first kappa shape index (κ1) is 14.8. The summed E-state index contributed by atoms with van der Waals surface area (Å²) in [5.41, 5.74) is 8.15. The van der Waals surface area contributed by atoms with Gasteiger partial charge in [-0.25, -0.2) is 0 Å². The van der Waals surface area contributed by atoms with Gasteiger partial charge in [-0.3, -0.25) is 4.79 Å². The third-order valence-corrected chi connectivity index (χ3v) is 4.04. The highest BCUT2D eigenvalue weighted by Gasteiger charge is 2.36. The number of rotatable bonds is 2. The molecule has 3 unspecified atom stereocenters. The van der Waals surface area contributed by atoms with Crippen LogP contribution in [0.4, 0.5) is 0 Å². The predicted octanol–water partition coefficient (Wildman–Crippen LogP) is 2.28. The molecule has 1 fully saturated rings. The Bertz CT molecular complexity index is 630. The summed E-state index contributed by atoms with van der Waals surface area (Å²) in [5.74, 6) is -0.0905. The van der Waals surface area contributed by atoms with Crippen molar-refractivity contribution in [2.75, 3.05) is 13.6 Å². The summed E-state index contributed by atoms with van der Waals surface area (Å²) in [6.07, 6.45) is -0.627. The topological polar surface area (TPSA) is 55.6 Å². The average molecular weight is 296 g/mol. The Hall–Kier alpha value is -2.17. The molecule has 3 rings (SSSR count). The lowest BCUT2D eigenvalue weighted by Crippen LogP contribution is -2.43. The molecular formula is C18H20N2O2. The van der Waals surface area contributed by atoms with Crippen LogP contribution in [0.1, 0.15) is 23.3 Å². The van der Waals surface area contributed by atoms with Gasteiger partial charge in [-0.2, -0.15) is 0 Å². The third kappa shape index (κ3) is 2.89. The summed E-state index contributed by atoms with van der Waals surface area (Å²) >= 11 is 0. The van der Waals surface area contributed by atoms with E-state index in [2.05, 4.69) is 0 Å². The Kier molecular flexibility index (Phi) is 4.22. The second kappa shape index (κ2) is 6.30. The smallest absolute Gasteiger partial charge is 0.242 e. The molecule has 0 aromatic heterocycles. The van der Waals surface area contributed by atoms with Gasteiger partial charge >= 0.3 is 0 Å². The number of ether oxygens (including phenoxy) is 1. The highest BCUT2D eigenvalue weighted by atomic mass is 16.5. The van der Waals surface area contributed by atoms with Gasteiger partial charge in [0.05, 0.1) is 6.54 Å². The first-order chi connectivity index (χ1) is 10.7. The first-order valence-electron chi connectivity index (χ1n) is 7.42. The van der Waals surface area contributed by atoms with E-state index >= 15 is 0 Å². The van der Waals surface area contributed by atoms with E-state index in [-0.39, 0.29) is 12.0 Å². The molecule has 2 N–H and O–H groups in total. The van der Waals surface area contributed by atoms with Gasteiger partial charge in [0.2, 0.25) is 5.91 Å². The van der Waals surface area contributed by atoms with Gasteiger partial charge in [0.25, 0.3) is 0 Å². The Morgan fingerprint density at radius 3 is 2.14 bits per heavy atom. The van der Waals surface area contributed by atoms with E-state index in [0.717, 1.165) is 11.1 Å². The van der Waals surface area contributed by atoms with Gasteiger partial charge in [0.1, 0.15) is 18.2 Å². The molecule has 4 heteroatoms. The van der Waals surface area contributed by atoms with Gasteiger partial charge in [0, 0.05) is 7.05 Å². The van der Waals surface area contributed by atoms with Crippen LogP contribution in [0.15, 0.2) is 60.7 Å². The van der Waals surface area contributed by atoms with Crippen LogP contribution in [-0.2, 0) is 9.53 Å². The van der Waals surface area contributed by atoms with Crippen molar-refractivity contribution in [3.8, 4) is 0 Å². The van der Waals surface area contributed by atoms with E-state index in [1.807, 2.05) is 60.7 Å². The van der Waals surface area contributed by atoms with Crippen LogP contribution in [0.2, 0.25) is 0 Å². The molecule has 3 atom stereocenters. The maximum atomic E-state index is 12.4. The standard InChI is InChI=1S/C18H20N2O2/c1-20-12-15(13-8-4-2-5-9-13)22-17(16(19)18(20)21)14-10-6-3-7-11-14/h2-11,15-17H,12,19H2,1H3. The Labute approximate surface area is 130 Å². The minimum atomic E-state index is -0.693. The van der Waals surface area contributed by atoms with Crippen molar-refractivity contribution >= 4 is 5.91 Å². The molecule has 0 bridgehead atoms. The Morgan fingerprint density at radius 2 is 1.55 bits per heavy atom. The van der Waals surface area contributed by atoms with Crippen molar-refractivity contribution in [3.63, 3.8) is 0 Å². The molecule has 0 aliphatic carbocycles. The zero-order chi connectivity index (χ0) is 15.5. The molecule has 4 nitrogen and oxygen atoms in total. The van der Waals surface area contributed by atoms with Gasteiger partial charge < -0.3 is 15.4 Å². The van der Waals surface area contributed by atoms with Crippen LogP contribution in [0, 0.1) is 0 Å². The fourth-order valence-corrected chi connectivity index (χ4v) is 2.81. The molecule has 2 aromatic rings. The summed E-state index contributed by atoms with van der Waals surface area (Å²) in [6, 6.07) is 19.0. The molecule has 2 aromatic carbocycles. The van der Waals surface area contributed by atoms with Crippen molar-refractivity contribution < 1.29 is 9.53 Å². The second-order valence-corrected chi connectivity index (χ2v) is 5.61. The normalized spacial score (nSPS) is 25.8. The third-order valence-electron chi connectivity index (χ3n) is 4.04. The minimum absolute atomic E-state index is 0.0905. The van der Waals surface area contributed by atoms with E-state index in [4.69, 9.17) is 10.5 Å². The number of hydrogen-bond acceptors (Lipinski definition) is 3. The molecule has 0 spiro atoms. The van der Waals surface area contributed by atoms with Gasteiger partial charge in [-0.05, 0) is 11.1 Å². The molecule has 0 radical (unpaired) electrons. The molecule has 1 saturated heterocycles. The summed E-state index contributed by atoms with van der Waals surface area (Å²) < 4.78 is 6.25. The quantitative estimate of drug-likeness (QED) is 0.925. The van der Waals surface area contributed by atoms with Crippen LogP contribution >= 0.6 is 0 Å². The van der Waals surface area contributed by atoms with Gasteiger partial charge in [-0.15, -0.1) is 0 Å². The second-order valence-electron chi connectivity index (χ2n) is 5.61. The number of hydrogen-bond donors (Lipinski definition) is 1. The van der Waals surface area contributed by atoms with E-state index in [9.17, 15) is 4.79 Å². The van der Waals surface area contributed by atoms with Crippen molar-refractivity contribution in [1.82, 2.24) is 4.90 Å². The maximum Gasteiger partial charge on any atom is 0.242 e. The summed E-state index contributed by atoms with van der Waals surface area (Å²) in [5, 5.41) is 0. The maximum absolute atomic E-state index is 12.4. The largest absolute Gasteiger partial charge is 0.362 e. The van der Waals surface area contributed by atoms with Crippen molar-refractivity contribution in [1.29, 1.82) is 0 Å². The number of carbonyl (C=O) groups excluding carboxylic acids is 1. The lowest BCUT2D eigenvalue weighted by molar-refractivity contribution is -0.131. The molecule has 1 heterocycles. The van der Waals surface area contributed by atoms with Crippen LogP contribution < -0.4 is 5.73 Å². The SMILES string of the molecule is CN1CC(c2ccccc2)OC(c2ccccc2)C(N)C1=O. The van der Waals surface area contributed by atoms with Crippen molar-refractivity contribution in [3.05, 3.63) is 71.8 Å². The van der Waals surface area contributed by atoms with E-state index in [1.165, 1.54) is 0 Å². The van der Waals surface area contributed by atoms with Gasteiger partial charge in [-0.1, -0.05) is 60.7 Å². The van der Waals surface area contributed by atoms with E-state index in [0.29, 0.717) is 6.54 Å². The number of nitrogens with zero attached hydrogens (tertiary/aromatic N) is 1. The molecule has 1 aliphatic rings. The summed E-state index contributed by atoms with van der Waals surface area (Å²) in [7, 11) is 1.77. The Morgan fingerprint density at radius 1 is 1.00 bits per heavy atom. The molecule has 22 heavy (non-hydrogen) atoms. The monoisotopic (exact) mass is 296 g/mol. The van der Waals surface area contributed by atoms with E-state index in [1.54, 1.807) is 11.9 Å². The number of benzene rings is 2. The zero-order valence-corrected chi connectivity index (χ0v) is 12.6. The summed E-state index contributed by atoms with van der Waals surface area (Å²) in [4.78, 5) is 14.1. The van der Waals surface area contributed by atoms with Crippen molar-refractivity contribution in [2.45, 2.75) is 18.2 Å².